The van der Waals surface area contributed by atoms with Gasteiger partial charge in [-0.25, -0.2) is 0 Å². The van der Waals surface area contributed by atoms with E-state index in [1.165, 1.54) is 127 Å². The maximum Gasteiger partial charge on any atom is -0.00675 e. The molecule has 0 unspecified atom stereocenters. The maximum atomic E-state index is 3.90. The quantitative estimate of drug-likeness (QED) is 0.185. The Bertz CT molecular complexity index is 180. The Morgan fingerprint density at radius 3 is 1.17 bits per heavy atom. The van der Waals surface area contributed by atoms with Crippen molar-refractivity contribution in [2.75, 3.05) is 11.5 Å². The smallest absolute Gasteiger partial charge is 0.00675 e. The molecule has 0 amide bonds. The minimum Gasteiger partial charge on any atom is -0.162 e. The van der Waals surface area contributed by atoms with Crippen molar-refractivity contribution < 1.29 is 0 Å². The standard InChI is InChI=1S/C23H47S/c1-3-5-7-9-11-13-15-17-19-21-23-24-22-20-18-16-14-12-10-8-6-4-2/h2-23H2,1H3. The van der Waals surface area contributed by atoms with Gasteiger partial charge in [0.15, 0.2) is 0 Å². The Kier molecular flexibility index (Phi) is 23.7. The van der Waals surface area contributed by atoms with Crippen LogP contribution in [0.15, 0.2) is 0 Å². The summed E-state index contributed by atoms with van der Waals surface area (Å²) in [6.07, 6.45) is 27.1. The summed E-state index contributed by atoms with van der Waals surface area (Å²) < 4.78 is 0. The summed E-state index contributed by atoms with van der Waals surface area (Å²) >= 11 is 2.20. The van der Waals surface area contributed by atoms with E-state index >= 15 is 0 Å². The second kappa shape index (κ2) is 23.4. The zero-order valence-electron chi connectivity index (χ0n) is 17.0. The first kappa shape index (κ1) is 24.4. The minimum atomic E-state index is 1.12. The Hall–Kier alpha value is 0.350. The Balaban J connectivity index is 2.93. The molecule has 0 atom stereocenters. The van der Waals surface area contributed by atoms with E-state index in [1.54, 1.807) is 0 Å². The number of thioether (sulfide) groups is 1. The molecular weight excluding hydrogens is 308 g/mol. The van der Waals surface area contributed by atoms with Crippen LogP contribution in [0.4, 0.5) is 0 Å². The van der Waals surface area contributed by atoms with Gasteiger partial charge in [0.1, 0.15) is 0 Å². The number of hydrogen-bond donors (Lipinski definition) is 0. The van der Waals surface area contributed by atoms with Gasteiger partial charge in [0, 0.05) is 0 Å². The van der Waals surface area contributed by atoms with Crippen LogP contribution >= 0.6 is 11.8 Å². The Morgan fingerprint density at radius 2 is 0.792 bits per heavy atom. The van der Waals surface area contributed by atoms with Gasteiger partial charge in [0.25, 0.3) is 0 Å². The molecule has 0 saturated heterocycles. The molecule has 0 aliphatic rings. The summed E-state index contributed by atoms with van der Waals surface area (Å²) in [5, 5.41) is 0. The van der Waals surface area contributed by atoms with Crippen molar-refractivity contribution in [3.8, 4) is 0 Å². The molecule has 0 spiro atoms. The molecule has 0 fully saturated rings. The average Bonchev–Trinajstić information content (AvgIpc) is 2.60. The summed E-state index contributed by atoms with van der Waals surface area (Å²) in [4.78, 5) is 0. The molecular formula is C23H47S. The third-order valence-electron chi connectivity index (χ3n) is 4.93. The highest BCUT2D eigenvalue weighted by molar-refractivity contribution is 7.99. The van der Waals surface area contributed by atoms with E-state index in [-0.39, 0.29) is 0 Å². The van der Waals surface area contributed by atoms with Crippen molar-refractivity contribution in [3.63, 3.8) is 0 Å². The van der Waals surface area contributed by atoms with Gasteiger partial charge in [-0.1, -0.05) is 123 Å². The zero-order chi connectivity index (χ0) is 17.6. The van der Waals surface area contributed by atoms with Crippen LogP contribution in [0.25, 0.3) is 0 Å². The van der Waals surface area contributed by atoms with Crippen LogP contribution in [0, 0.1) is 6.92 Å². The number of hydrogen-bond acceptors (Lipinski definition) is 1. The third-order valence-corrected chi connectivity index (χ3v) is 6.09. The van der Waals surface area contributed by atoms with Crippen molar-refractivity contribution >= 4 is 11.8 Å². The van der Waals surface area contributed by atoms with E-state index in [1.807, 2.05) is 0 Å². The van der Waals surface area contributed by atoms with E-state index in [4.69, 9.17) is 0 Å². The largest absolute Gasteiger partial charge is 0.162 e. The Morgan fingerprint density at radius 1 is 0.458 bits per heavy atom. The molecule has 0 rings (SSSR count). The molecule has 0 heterocycles. The van der Waals surface area contributed by atoms with Gasteiger partial charge in [-0.05, 0) is 24.3 Å². The summed E-state index contributed by atoms with van der Waals surface area (Å²) in [7, 11) is 0. The van der Waals surface area contributed by atoms with Crippen LogP contribution in [0.1, 0.15) is 129 Å². The van der Waals surface area contributed by atoms with Crippen LogP contribution in [0.3, 0.4) is 0 Å². The van der Waals surface area contributed by atoms with Gasteiger partial charge in [-0.2, -0.15) is 11.8 Å². The minimum absolute atomic E-state index is 1.12. The van der Waals surface area contributed by atoms with Crippen molar-refractivity contribution in [1.29, 1.82) is 0 Å². The highest BCUT2D eigenvalue weighted by Crippen LogP contribution is 2.14. The van der Waals surface area contributed by atoms with Crippen LogP contribution < -0.4 is 0 Å². The number of unbranched alkanes of at least 4 members (excludes halogenated alkanes) is 17. The summed E-state index contributed by atoms with van der Waals surface area (Å²) in [6.45, 7) is 6.20. The lowest BCUT2D eigenvalue weighted by Crippen LogP contribution is -1.87. The predicted molar refractivity (Wildman–Crippen MR) is 116 cm³/mol. The molecule has 1 heteroatoms. The van der Waals surface area contributed by atoms with Crippen molar-refractivity contribution in [3.05, 3.63) is 6.92 Å². The lowest BCUT2D eigenvalue weighted by atomic mass is 10.1. The topological polar surface area (TPSA) is 0 Å². The summed E-state index contributed by atoms with van der Waals surface area (Å²) in [5.74, 6) is 2.81. The van der Waals surface area contributed by atoms with Gasteiger partial charge in [-0.3, -0.25) is 0 Å². The van der Waals surface area contributed by atoms with Gasteiger partial charge in [-0.15, -0.1) is 0 Å². The molecule has 0 aromatic rings. The SMILES string of the molecule is [CH2]CCCCCCCCCCSCCCCCCCCCCCC. The zero-order valence-corrected chi connectivity index (χ0v) is 17.8. The second-order valence-electron chi connectivity index (χ2n) is 7.48. The van der Waals surface area contributed by atoms with Crippen molar-refractivity contribution in [1.82, 2.24) is 0 Å². The van der Waals surface area contributed by atoms with Crippen LogP contribution in [0.5, 0.6) is 0 Å². The highest BCUT2D eigenvalue weighted by Gasteiger charge is 1.95. The van der Waals surface area contributed by atoms with Crippen molar-refractivity contribution in [2.45, 2.75) is 129 Å². The van der Waals surface area contributed by atoms with Gasteiger partial charge in [0.05, 0.1) is 0 Å². The molecule has 0 nitrogen and oxygen atoms in total. The molecule has 24 heavy (non-hydrogen) atoms. The Labute approximate surface area is 159 Å². The molecule has 0 aliphatic heterocycles. The van der Waals surface area contributed by atoms with Gasteiger partial charge in [0.2, 0.25) is 0 Å². The first-order valence-electron chi connectivity index (χ1n) is 11.3. The van der Waals surface area contributed by atoms with Gasteiger partial charge < -0.3 is 0 Å². The lowest BCUT2D eigenvalue weighted by Gasteiger charge is -2.04. The molecule has 0 aliphatic carbocycles. The van der Waals surface area contributed by atoms with Crippen LogP contribution in [-0.4, -0.2) is 11.5 Å². The number of rotatable bonds is 21. The van der Waals surface area contributed by atoms with E-state index in [0.29, 0.717) is 0 Å². The van der Waals surface area contributed by atoms with Crippen molar-refractivity contribution in [2.24, 2.45) is 0 Å². The molecule has 0 aromatic heterocycles. The third kappa shape index (κ3) is 22.4. The first-order valence-corrected chi connectivity index (χ1v) is 12.4. The van der Waals surface area contributed by atoms with Crippen LogP contribution in [0.2, 0.25) is 0 Å². The maximum absolute atomic E-state index is 3.90. The summed E-state index contributed by atoms with van der Waals surface area (Å²) in [6, 6.07) is 0. The molecule has 145 valence electrons. The van der Waals surface area contributed by atoms with Crippen LogP contribution in [-0.2, 0) is 0 Å². The predicted octanol–water partition coefficient (Wildman–Crippen LogP) is 8.99. The molecule has 0 N–H and O–H groups in total. The van der Waals surface area contributed by atoms with Gasteiger partial charge >= 0.3 is 0 Å². The summed E-state index contributed by atoms with van der Waals surface area (Å²) in [5.41, 5.74) is 0. The van der Waals surface area contributed by atoms with E-state index in [0.717, 1.165) is 6.42 Å². The van der Waals surface area contributed by atoms with E-state index in [9.17, 15) is 0 Å². The monoisotopic (exact) mass is 355 g/mol. The molecule has 1 radical (unpaired) electrons. The van der Waals surface area contributed by atoms with E-state index in [2.05, 4.69) is 25.6 Å². The average molecular weight is 356 g/mol. The fourth-order valence-corrected chi connectivity index (χ4v) is 4.26. The normalized spacial score (nSPS) is 11.2. The second-order valence-corrected chi connectivity index (χ2v) is 8.70. The highest BCUT2D eigenvalue weighted by atomic mass is 32.2. The first-order chi connectivity index (χ1) is 11.9. The fourth-order valence-electron chi connectivity index (χ4n) is 3.24. The lowest BCUT2D eigenvalue weighted by molar-refractivity contribution is 0.563. The fraction of sp³-hybridized carbons (Fsp3) is 0.957. The molecule has 0 aromatic carbocycles. The molecule has 0 bridgehead atoms. The molecule has 0 saturated carbocycles. The van der Waals surface area contributed by atoms with E-state index < -0.39 is 0 Å².